The van der Waals surface area contributed by atoms with Gasteiger partial charge in [-0.25, -0.2) is 8.42 Å². The van der Waals surface area contributed by atoms with E-state index in [0.717, 1.165) is 36.8 Å². The van der Waals surface area contributed by atoms with E-state index in [0.29, 0.717) is 26.2 Å². The van der Waals surface area contributed by atoms with E-state index in [4.69, 9.17) is 23.7 Å². The van der Waals surface area contributed by atoms with Crippen LogP contribution in [-0.2, 0) is 33.5 Å². The Bertz CT molecular complexity index is 1250. The first-order valence-electron chi connectivity index (χ1n) is 16.8. The van der Waals surface area contributed by atoms with Gasteiger partial charge in [0.1, 0.15) is 0 Å². The van der Waals surface area contributed by atoms with Crippen molar-refractivity contribution in [3.8, 4) is 0 Å². The number of rotatable bonds is 21. The minimum Gasteiger partial charge on any atom is -0.394 e. The highest BCUT2D eigenvalue weighted by Crippen LogP contribution is 2.40. The average Bonchev–Trinajstić information content (AvgIpc) is 3.37. The Hall–Kier alpha value is -2.15. The van der Waals surface area contributed by atoms with Crippen molar-refractivity contribution in [1.29, 1.82) is 0 Å². The Morgan fingerprint density at radius 1 is 1.13 bits per heavy atom. The van der Waals surface area contributed by atoms with Crippen molar-refractivity contribution in [2.45, 2.75) is 100.0 Å². The van der Waals surface area contributed by atoms with Crippen molar-refractivity contribution < 1.29 is 42.3 Å². The van der Waals surface area contributed by atoms with Crippen LogP contribution in [-0.4, -0.2) is 101 Å². The van der Waals surface area contributed by atoms with Gasteiger partial charge in [0.15, 0.2) is 9.84 Å². The molecule has 0 spiro atoms. The lowest BCUT2D eigenvalue weighted by atomic mass is 9.83. The SMILES string of the molecule is C=CCOC/C=C/COC(CCC1CC(C)C(=C)C(C[C@@H]2OC(CC(O)CO)[C@H](OC)C2CS(=O)(=O)c2ccccc2)O1)C(=C)CC. The van der Waals surface area contributed by atoms with Crippen LogP contribution in [0.1, 0.15) is 52.4 Å². The Balaban J connectivity index is 1.72. The third-order valence-electron chi connectivity index (χ3n) is 9.25. The van der Waals surface area contributed by atoms with Crippen molar-refractivity contribution in [3.05, 3.63) is 79.4 Å². The average molecular weight is 677 g/mol. The summed E-state index contributed by atoms with van der Waals surface area (Å²) in [6, 6.07) is 8.36. The maximum Gasteiger partial charge on any atom is 0.178 e. The van der Waals surface area contributed by atoms with E-state index in [2.05, 4.69) is 33.6 Å². The fourth-order valence-corrected chi connectivity index (χ4v) is 8.17. The highest BCUT2D eigenvalue weighted by Gasteiger charge is 2.48. The Morgan fingerprint density at radius 2 is 1.85 bits per heavy atom. The van der Waals surface area contributed by atoms with Gasteiger partial charge in [0.25, 0.3) is 0 Å². The van der Waals surface area contributed by atoms with Crippen molar-refractivity contribution in [3.63, 3.8) is 0 Å². The van der Waals surface area contributed by atoms with Crippen molar-refractivity contribution in [1.82, 2.24) is 0 Å². The molecule has 1 aromatic rings. The quantitative estimate of drug-likeness (QED) is 0.133. The van der Waals surface area contributed by atoms with Crippen LogP contribution in [0.15, 0.2) is 84.3 Å². The molecule has 0 radical (unpaired) electrons. The van der Waals surface area contributed by atoms with Crippen molar-refractivity contribution in [2.75, 3.05) is 39.3 Å². The molecule has 0 aliphatic carbocycles. The third-order valence-corrected chi connectivity index (χ3v) is 11.1. The van der Waals surface area contributed by atoms with Crippen LogP contribution in [0.2, 0.25) is 0 Å². The number of benzene rings is 1. The van der Waals surface area contributed by atoms with E-state index in [9.17, 15) is 18.6 Å². The lowest BCUT2D eigenvalue weighted by Crippen LogP contribution is -2.40. The molecule has 264 valence electrons. The molecule has 2 N–H and O–H groups in total. The minimum atomic E-state index is -3.67. The van der Waals surface area contributed by atoms with Gasteiger partial charge in [-0.1, -0.05) is 63.4 Å². The number of ether oxygens (including phenoxy) is 5. The first-order valence-corrected chi connectivity index (χ1v) is 18.4. The second kappa shape index (κ2) is 19.7. The van der Waals surface area contributed by atoms with Gasteiger partial charge >= 0.3 is 0 Å². The number of hydrogen-bond acceptors (Lipinski definition) is 9. The van der Waals surface area contributed by atoms with Gasteiger partial charge in [-0.05, 0) is 54.9 Å². The molecule has 7 unspecified atom stereocenters. The lowest BCUT2D eigenvalue weighted by molar-refractivity contribution is -0.0786. The maximum atomic E-state index is 13.5. The van der Waals surface area contributed by atoms with E-state index in [1.165, 1.54) is 7.11 Å². The Morgan fingerprint density at radius 3 is 2.51 bits per heavy atom. The molecule has 2 heterocycles. The molecule has 2 aliphatic rings. The molecular formula is C37H56O9S. The highest BCUT2D eigenvalue weighted by atomic mass is 32.2. The molecule has 2 saturated heterocycles. The van der Waals surface area contributed by atoms with Gasteiger partial charge in [0.05, 0.1) is 79.8 Å². The van der Waals surface area contributed by atoms with E-state index in [-0.39, 0.29) is 41.3 Å². The molecular weight excluding hydrogens is 620 g/mol. The summed E-state index contributed by atoms with van der Waals surface area (Å²) in [5.74, 6) is -0.505. The van der Waals surface area contributed by atoms with Crippen LogP contribution in [0, 0.1) is 11.8 Å². The molecule has 2 fully saturated rings. The number of sulfone groups is 1. The van der Waals surface area contributed by atoms with E-state index < -0.39 is 46.8 Å². The zero-order valence-corrected chi connectivity index (χ0v) is 29.2. The summed E-state index contributed by atoms with van der Waals surface area (Å²) < 4.78 is 57.6. The molecule has 0 aromatic heterocycles. The van der Waals surface area contributed by atoms with Crippen LogP contribution in [0.25, 0.3) is 0 Å². The molecule has 0 amide bonds. The maximum absolute atomic E-state index is 13.5. The minimum absolute atomic E-state index is 0.0442. The molecule has 0 bridgehead atoms. The van der Waals surface area contributed by atoms with E-state index >= 15 is 0 Å². The highest BCUT2D eigenvalue weighted by molar-refractivity contribution is 7.91. The van der Waals surface area contributed by atoms with Gasteiger partial charge in [0.2, 0.25) is 0 Å². The number of methoxy groups -OCH3 is 1. The second-order valence-electron chi connectivity index (χ2n) is 12.6. The van der Waals surface area contributed by atoms with E-state index in [1.807, 2.05) is 12.2 Å². The second-order valence-corrected chi connectivity index (χ2v) is 14.7. The molecule has 9 atom stereocenters. The van der Waals surface area contributed by atoms with Crippen LogP contribution < -0.4 is 0 Å². The monoisotopic (exact) mass is 676 g/mol. The van der Waals surface area contributed by atoms with Crippen LogP contribution in [0.5, 0.6) is 0 Å². The number of hydrogen-bond donors (Lipinski definition) is 2. The largest absolute Gasteiger partial charge is 0.394 e. The van der Waals surface area contributed by atoms with Crippen LogP contribution >= 0.6 is 0 Å². The summed E-state index contributed by atoms with van der Waals surface area (Å²) in [7, 11) is -2.14. The predicted octanol–water partition coefficient (Wildman–Crippen LogP) is 5.23. The summed E-state index contributed by atoms with van der Waals surface area (Å²) in [4.78, 5) is 0.237. The molecule has 9 nitrogen and oxygen atoms in total. The zero-order chi connectivity index (χ0) is 34.4. The molecule has 47 heavy (non-hydrogen) atoms. The standard InChI is InChI=1S/C37H56O9S/c1-7-18-43-19-12-13-20-44-33(26(3)8-2)17-16-30-21-27(4)28(5)34(45-30)23-35-32(25-47(40,41)31-14-10-9-11-15-31)37(42-6)36(46-35)22-29(39)24-38/h7,9-15,27,29-30,32-39H,1,3,5,8,16-25H2,2,4,6H3/b13-12+/t27?,29?,30?,32?,33?,34?,35-,36?,37+/m0/s1. The summed E-state index contributed by atoms with van der Waals surface area (Å²) in [5, 5.41) is 19.8. The summed E-state index contributed by atoms with van der Waals surface area (Å²) >= 11 is 0. The number of aliphatic hydroxyl groups is 2. The van der Waals surface area contributed by atoms with Crippen molar-refractivity contribution in [2.24, 2.45) is 11.8 Å². The van der Waals surface area contributed by atoms with Gasteiger partial charge in [-0.2, -0.15) is 0 Å². The van der Waals surface area contributed by atoms with Crippen molar-refractivity contribution >= 4 is 9.84 Å². The lowest BCUT2D eigenvalue weighted by Gasteiger charge is -2.38. The summed E-state index contributed by atoms with van der Waals surface area (Å²) in [6.07, 6.45) is 6.09. The normalized spacial score (nSPS) is 28.0. The topological polar surface area (TPSA) is 121 Å². The van der Waals surface area contributed by atoms with Gasteiger partial charge in [-0.15, -0.1) is 6.58 Å². The van der Waals surface area contributed by atoms with Gasteiger partial charge < -0.3 is 33.9 Å². The smallest absolute Gasteiger partial charge is 0.178 e. The summed E-state index contributed by atoms with van der Waals surface area (Å²) in [5.41, 5.74) is 1.99. The molecule has 1 aromatic carbocycles. The van der Waals surface area contributed by atoms with Gasteiger partial charge in [0, 0.05) is 25.9 Å². The Kier molecular flexibility index (Phi) is 16.5. The Labute approximate surface area is 282 Å². The van der Waals surface area contributed by atoms with E-state index in [1.54, 1.807) is 36.4 Å². The van der Waals surface area contributed by atoms with Gasteiger partial charge in [-0.3, -0.25) is 0 Å². The first-order chi connectivity index (χ1) is 22.5. The third kappa shape index (κ3) is 11.7. The predicted molar refractivity (Wildman–Crippen MR) is 184 cm³/mol. The first kappa shape index (κ1) is 39.3. The molecule has 10 heteroatoms. The molecule has 3 rings (SSSR count). The van der Waals surface area contributed by atoms with Crippen LogP contribution in [0.4, 0.5) is 0 Å². The fourth-order valence-electron chi connectivity index (χ4n) is 6.50. The fraction of sp³-hybridized carbons (Fsp3) is 0.622. The zero-order valence-electron chi connectivity index (χ0n) is 28.4. The summed E-state index contributed by atoms with van der Waals surface area (Å²) in [6.45, 7) is 17.5. The molecule has 0 saturated carbocycles. The number of aliphatic hydroxyl groups excluding tert-OH is 2. The molecule has 2 aliphatic heterocycles. The van der Waals surface area contributed by atoms with Crippen LogP contribution in [0.3, 0.4) is 0 Å².